The zero-order chi connectivity index (χ0) is 26.9. The number of hydrogen-bond donors (Lipinski definition) is 3. The Balaban J connectivity index is 1.33. The van der Waals surface area contributed by atoms with Crippen molar-refractivity contribution in [3.8, 4) is 0 Å². The van der Waals surface area contributed by atoms with Gasteiger partial charge in [0.1, 0.15) is 5.60 Å². The molecule has 0 saturated carbocycles. The van der Waals surface area contributed by atoms with E-state index in [-0.39, 0.29) is 35.9 Å². The highest BCUT2D eigenvalue weighted by atomic mass is 16.6. The summed E-state index contributed by atoms with van der Waals surface area (Å²) in [4.78, 5) is 40.6. The minimum Gasteiger partial charge on any atom is -0.444 e. The lowest BCUT2D eigenvalue weighted by Crippen LogP contribution is -2.53. The fourth-order valence-electron chi connectivity index (χ4n) is 5.79. The maximum absolute atomic E-state index is 13.3. The molecule has 1 aromatic carbocycles. The highest BCUT2D eigenvalue weighted by Gasteiger charge is 2.42. The van der Waals surface area contributed by atoms with Gasteiger partial charge in [0.05, 0.1) is 17.1 Å². The second kappa shape index (κ2) is 10.9. The van der Waals surface area contributed by atoms with Crippen molar-refractivity contribution in [2.45, 2.75) is 103 Å². The number of aliphatic hydroxyl groups is 1. The van der Waals surface area contributed by atoms with Crippen LogP contribution in [0.2, 0.25) is 0 Å². The molecule has 3 heterocycles. The number of rotatable bonds is 7. The predicted octanol–water partition coefficient (Wildman–Crippen LogP) is 3.21. The lowest BCUT2D eigenvalue weighted by atomic mass is 9.96. The Hall–Kier alpha value is -2.85. The van der Waals surface area contributed by atoms with Crippen molar-refractivity contribution < 1.29 is 19.4 Å². The third-order valence-electron chi connectivity index (χ3n) is 7.28. The average Bonchev–Trinajstić information content (AvgIpc) is 3.20. The van der Waals surface area contributed by atoms with Crippen LogP contribution in [0.3, 0.4) is 0 Å². The first-order chi connectivity index (χ1) is 17.4. The largest absolute Gasteiger partial charge is 0.444 e. The standard InChI is InChI=1S/C27H41N5O5/c1-17(2)31-22-8-6-7-9-23(22)32(26(31)36)24(34)29-18-14-19-10-11-20(15-18)30(19)16-21(33)12-13-28-25(35)37-27(3,4)5/h6-9,17-21,33H,10-16H2,1-5H3,(H,28,35)(H,29,34)/t18?,19-,20+,21?. The molecular weight excluding hydrogens is 474 g/mol. The molecule has 10 heteroatoms. The number of carbonyl (C=O) groups is 2. The predicted molar refractivity (Wildman–Crippen MR) is 142 cm³/mol. The Morgan fingerprint density at radius 2 is 1.73 bits per heavy atom. The topological polar surface area (TPSA) is 118 Å². The molecular formula is C27H41N5O5. The number of fused-ring (bicyclic) bond motifs is 3. The molecule has 3 N–H and O–H groups in total. The summed E-state index contributed by atoms with van der Waals surface area (Å²) in [6.45, 7) is 10.2. The Morgan fingerprint density at radius 3 is 2.32 bits per heavy atom. The maximum atomic E-state index is 13.3. The van der Waals surface area contributed by atoms with E-state index in [0.29, 0.717) is 25.0 Å². The van der Waals surface area contributed by atoms with Crippen molar-refractivity contribution in [3.05, 3.63) is 34.7 Å². The van der Waals surface area contributed by atoms with Gasteiger partial charge in [-0.05, 0) is 78.9 Å². The third kappa shape index (κ3) is 6.18. The molecule has 2 fully saturated rings. The van der Waals surface area contributed by atoms with Gasteiger partial charge in [-0.25, -0.2) is 19.0 Å². The molecule has 204 valence electrons. The van der Waals surface area contributed by atoms with Gasteiger partial charge in [-0.15, -0.1) is 0 Å². The molecule has 2 saturated heterocycles. The molecule has 1 aromatic heterocycles. The zero-order valence-electron chi connectivity index (χ0n) is 22.6. The van der Waals surface area contributed by atoms with Crippen LogP contribution < -0.4 is 16.3 Å². The van der Waals surface area contributed by atoms with Crippen LogP contribution in [-0.4, -0.2) is 74.2 Å². The number of alkyl carbamates (subject to hydrolysis) is 1. The summed E-state index contributed by atoms with van der Waals surface area (Å²) in [5, 5.41) is 16.4. The van der Waals surface area contributed by atoms with Gasteiger partial charge in [-0.3, -0.25) is 9.47 Å². The van der Waals surface area contributed by atoms with Gasteiger partial charge < -0.3 is 20.5 Å². The second-order valence-electron chi connectivity index (χ2n) is 11.6. The monoisotopic (exact) mass is 515 g/mol. The van der Waals surface area contributed by atoms with E-state index < -0.39 is 17.8 Å². The smallest absolute Gasteiger partial charge is 0.407 e. The first kappa shape index (κ1) is 27.2. The highest BCUT2D eigenvalue weighted by Crippen LogP contribution is 2.36. The Kier molecular flexibility index (Phi) is 7.99. The van der Waals surface area contributed by atoms with Gasteiger partial charge in [0.2, 0.25) is 0 Å². The molecule has 2 amide bonds. The van der Waals surface area contributed by atoms with E-state index >= 15 is 0 Å². The Bertz CT molecular complexity index is 1170. The lowest BCUT2D eigenvalue weighted by molar-refractivity contribution is 0.0435. The molecule has 2 bridgehead atoms. The number of benzene rings is 1. The molecule has 0 radical (unpaired) electrons. The quantitative estimate of drug-likeness (QED) is 0.521. The van der Waals surface area contributed by atoms with Crippen molar-refractivity contribution in [3.63, 3.8) is 0 Å². The van der Waals surface area contributed by atoms with Crippen LogP contribution in [0.15, 0.2) is 29.1 Å². The normalized spacial score (nSPS) is 22.8. The molecule has 0 spiro atoms. The summed E-state index contributed by atoms with van der Waals surface area (Å²) in [5.41, 5.74) is 0.489. The van der Waals surface area contributed by atoms with Crippen LogP contribution in [-0.2, 0) is 4.74 Å². The summed E-state index contributed by atoms with van der Waals surface area (Å²) in [6, 6.07) is 7.45. The van der Waals surface area contributed by atoms with E-state index in [9.17, 15) is 19.5 Å². The molecule has 10 nitrogen and oxygen atoms in total. The van der Waals surface area contributed by atoms with Crippen LogP contribution in [0.1, 0.15) is 72.8 Å². The summed E-state index contributed by atoms with van der Waals surface area (Å²) >= 11 is 0. The summed E-state index contributed by atoms with van der Waals surface area (Å²) in [7, 11) is 0. The number of aliphatic hydroxyl groups excluding tert-OH is 1. The van der Waals surface area contributed by atoms with Crippen molar-refractivity contribution in [1.29, 1.82) is 0 Å². The SMILES string of the molecule is CC(C)n1c(=O)n(C(=O)NC2C[C@H]3CC[C@@H](C2)N3CC(O)CCNC(=O)OC(C)(C)C)c2ccccc21. The third-order valence-corrected chi connectivity index (χ3v) is 7.28. The van der Waals surface area contributed by atoms with E-state index in [1.807, 2.05) is 52.8 Å². The second-order valence-corrected chi connectivity index (χ2v) is 11.6. The van der Waals surface area contributed by atoms with Crippen LogP contribution >= 0.6 is 0 Å². The van der Waals surface area contributed by atoms with E-state index in [0.717, 1.165) is 31.2 Å². The van der Waals surface area contributed by atoms with E-state index in [4.69, 9.17) is 4.74 Å². The van der Waals surface area contributed by atoms with Gasteiger partial charge in [-0.1, -0.05) is 12.1 Å². The molecule has 2 aromatic rings. The molecule has 4 rings (SSSR count). The fraction of sp³-hybridized carbons (Fsp3) is 0.667. The number of hydrogen-bond acceptors (Lipinski definition) is 6. The molecule has 2 aliphatic heterocycles. The summed E-state index contributed by atoms with van der Waals surface area (Å²) in [6.07, 6.45) is 3.00. The lowest BCUT2D eigenvalue weighted by Gasteiger charge is -2.40. The van der Waals surface area contributed by atoms with Crippen LogP contribution in [0, 0.1) is 0 Å². The summed E-state index contributed by atoms with van der Waals surface area (Å²) in [5.74, 6) is 0. The number of ether oxygens (including phenoxy) is 1. The molecule has 2 aliphatic rings. The number of para-hydroxylation sites is 2. The van der Waals surface area contributed by atoms with Gasteiger partial charge in [-0.2, -0.15) is 0 Å². The van der Waals surface area contributed by atoms with Crippen LogP contribution in [0.25, 0.3) is 11.0 Å². The first-order valence-corrected chi connectivity index (χ1v) is 13.4. The van der Waals surface area contributed by atoms with Gasteiger partial charge in [0, 0.05) is 37.3 Å². The summed E-state index contributed by atoms with van der Waals surface area (Å²) < 4.78 is 8.14. The molecule has 4 atom stereocenters. The minimum absolute atomic E-state index is 0.0275. The molecule has 2 unspecified atom stereocenters. The molecule has 0 aliphatic carbocycles. The van der Waals surface area contributed by atoms with E-state index in [2.05, 4.69) is 15.5 Å². The van der Waals surface area contributed by atoms with Gasteiger partial charge in [0.15, 0.2) is 0 Å². The van der Waals surface area contributed by atoms with Crippen LogP contribution in [0.4, 0.5) is 9.59 Å². The number of nitrogens with one attached hydrogen (secondary N) is 2. The average molecular weight is 516 g/mol. The number of aromatic nitrogens is 2. The number of amides is 2. The van der Waals surface area contributed by atoms with Gasteiger partial charge >= 0.3 is 17.8 Å². The first-order valence-electron chi connectivity index (χ1n) is 13.4. The number of imidazole rings is 1. The van der Waals surface area contributed by atoms with Crippen LogP contribution in [0.5, 0.6) is 0 Å². The maximum Gasteiger partial charge on any atom is 0.407 e. The van der Waals surface area contributed by atoms with E-state index in [1.54, 1.807) is 10.6 Å². The van der Waals surface area contributed by atoms with Crippen molar-refractivity contribution >= 4 is 23.2 Å². The number of piperidine rings is 1. The highest BCUT2D eigenvalue weighted by molar-refractivity contribution is 5.89. The Morgan fingerprint density at radius 1 is 1.11 bits per heavy atom. The fourth-order valence-corrected chi connectivity index (χ4v) is 5.79. The van der Waals surface area contributed by atoms with E-state index in [1.165, 1.54) is 4.57 Å². The Labute approximate surface area is 218 Å². The molecule has 37 heavy (non-hydrogen) atoms. The van der Waals surface area contributed by atoms with Crippen molar-refractivity contribution in [2.24, 2.45) is 0 Å². The number of nitrogens with zero attached hydrogens (tertiary/aromatic N) is 3. The zero-order valence-corrected chi connectivity index (χ0v) is 22.6. The van der Waals surface area contributed by atoms with Crippen molar-refractivity contribution in [1.82, 2.24) is 24.7 Å². The van der Waals surface area contributed by atoms with Gasteiger partial charge in [0.25, 0.3) is 0 Å². The minimum atomic E-state index is -0.565. The van der Waals surface area contributed by atoms with Crippen molar-refractivity contribution in [2.75, 3.05) is 13.1 Å². The number of carbonyl (C=O) groups excluding carboxylic acids is 2.